The van der Waals surface area contributed by atoms with E-state index in [9.17, 15) is 9.59 Å². The Morgan fingerprint density at radius 2 is 1.86 bits per heavy atom. The van der Waals surface area contributed by atoms with E-state index in [0.717, 1.165) is 54.8 Å². The van der Waals surface area contributed by atoms with Crippen molar-refractivity contribution in [2.24, 2.45) is 11.8 Å². The number of hydrogen-bond donors (Lipinski definition) is 0. The van der Waals surface area contributed by atoms with Gasteiger partial charge in [-0.25, -0.2) is 0 Å². The highest BCUT2D eigenvalue weighted by Gasteiger charge is 2.46. The third-order valence-corrected chi connectivity index (χ3v) is 7.61. The van der Waals surface area contributed by atoms with Crippen LogP contribution in [-0.2, 0) is 16.0 Å². The Kier molecular flexibility index (Phi) is 9.66. The second-order valence-electron chi connectivity index (χ2n) is 11.4. The van der Waals surface area contributed by atoms with Crippen LogP contribution in [-0.4, -0.2) is 28.9 Å². The van der Waals surface area contributed by atoms with Crippen LogP contribution in [0, 0.1) is 11.8 Å². The number of unbranched alkanes of at least 4 members (excludes halogenated alkanes) is 3. The summed E-state index contributed by atoms with van der Waals surface area (Å²) in [7, 11) is 0. The van der Waals surface area contributed by atoms with Crippen molar-refractivity contribution in [3.63, 3.8) is 0 Å². The van der Waals surface area contributed by atoms with Crippen molar-refractivity contribution in [1.82, 2.24) is 4.90 Å². The van der Waals surface area contributed by atoms with Gasteiger partial charge in [-0.3, -0.25) is 9.59 Å². The van der Waals surface area contributed by atoms with Gasteiger partial charge in [-0.05, 0) is 63.1 Å². The number of fused-ring (bicyclic) bond motifs is 3. The highest BCUT2D eigenvalue weighted by atomic mass is 16.5. The molecule has 0 fully saturated rings. The molecular formula is C31H47NO4. The summed E-state index contributed by atoms with van der Waals surface area (Å²) in [5.74, 6) is 2.03. The maximum absolute atomic E-state index is 12.9. The molecule has 2 atom stereocenters. The molecule has 0 saturated carbocycles. The smallest absolute Gasteiger partial charge is 0.310 e. The van der Waals surface area contributed by atoms with Gasteiger partial charge in [0.1, 0.15) is 17.1 Å². The highest BCUT2D eigenvalue weighted by Crippen LogP contribution is 2.54. The zero-order chi connectivity index (χ0) is 26.5. The predicted octanol–water partition coefficient (Wildman–Crippen LogP) is 7.57. The summed E-state index contributed by atoms with van der Waals surface area (Å²) >= 11 is 0. The number of rotatable bonds is 11. The Labute approximate surface area is 218 Å². The van der Waals surface area contributed by atoms with Crippen molar-refractivity contribution in [3.8, 4) is 11.5 Å². The maximum Gasteiger partial charge on any atom is 0.310 e. The van der Waals surface area contributed by atoms with Gasteiger partial charge in [-0.1, -0.05) is 60.0 Å². The van der Waals surface area contributed by atoms with Crippen LogP contribution >= 0.6 is 0 Å². The fourth-order valence-electron chi connectivity index (χ4n) is 5.72. The molecule has 2 aliphatic rings. The monoisotopic (exact) mass is 497 g/mol. The molecule has 5 nitrogen and oxygen atoms in total. The van der Waals surface area contributed by atoms with E-state index in [1.165, 1.54) is 19.3 Å². The number of carbonyl (C=O) groups excluding carboxylic acids is 2. The Bertz CT molecular complexity index is 962. The molecule has 200 valence electrons. The van der Waals surface area contributed by atoms with Gasteiger partial charge in [0, 0.05) is 42.5 Å². The molecule has 0 unspecified atom stereocenters. The number of benzene rings is 1. The molecule has 1 amide bonds. The van der Waals surface area contributed by atoms with E-state index in [1.807, 2.05) is 18.7 Å². The van der Waals surface area contributed by atoms with E-state index >= 15 is 0 Å². The summed E-state index contributed by atoms with van der Waals surface area (Å²) in [6, 6.07) is 4.22. The van der Waals surface area contributed by atoms with Crippen LogP contribution in [0.4, 0.5) is 0 Å². The van der Waals surface area contributed by atoms with Crippen molar-refractivity contribution in [2.45, 2.75) is 118 Å². The number of aryl methyl sites for hydroxylation is 1. The van der Waals surface area contributed by atoms with Gasteiger partial charge in [0.25, 0.3) is 0 Å². The lowest BCUT2D eigenvalue weighted by Crippen LogP contribution is -2.46. The first-order valence-corrected chi connectivity index (χ1v) is 14.2. The molecule has 1 heterocycles. The second kappa shape index (κ2) is 12.3. The minimum atomic E-state index is -0.357. The van der Waals surface area contributed by atoms with E-state index in [4.69, 9.17) is 9.47 Å². The molecule has 36 heavy (non-hydrogen) atoms. The van der Waals surface area contributed by atoms with Crippen molar-refractivity contribution in [1.29, 1.82) is 0 Å². The number of hydrogen-bond acceptors (Lipinski definition) is 4. The summed E-state index contributed by atoms with van der Waals surface area (Å²) in [4.78, 5) is 27.4. The molecular weight excluding hydrogens is 450 g/mol. The Hall–Kier alpha value is -2.30. The van der Waals surface area contributed by atoms with E-state index in [-0.39, 0.29) is 29.3 Å². The van der Waals surface area contributed by atoms with Crippen molar-refractivity contribution in [3.05, 3.63) is 35.0 Å². The predicted molar refractivity (Wildman–Crippen MR) is 145 cm³/mol. The van der Waals surface area contributed by atoms with Gasteiger partial charge < -0.3 is 14.4 Å². The first kappa shape index (κ1) is 28.3. The lowest BCUT2D eigenvalue weighted by atomic mass is 9.68. The fraction of sp³-hybridized carbons (Fsp3) is 0.677. The average Bonchev–Trinajstić information content (AvgIpc) is 2.83. The van der Waals surface area contributed by atoms with Crippen LogP contribution in [0.25, 0.3) is 0 Å². The number of allylic oxidation sites excluding steroid dienone is 2. The van der Waals surface area contributed by atoms with Gasteiger partial charge >= 0.3 is 5.97 Å². The van der Waals surface area contributed by atoms with Crippen LogP contribution in [0.3, 0.4) is 0 Å². The number of nitrogens with zero attached hydrogens (tertiary/aromatic N) is 1. The van der Waals surface area contributed by atoms with Crippen molar-refractivity contribution < 1.29 is 19.1 Å². The zero-order valence-corrected chi connectivity index (χ0v) is 23.6. The van der Waals surface area contributed by atoms with Gasteiger partial charge in [0.2, 0.25) is 5.91 Å². The lowest BCUT2D eigenvalue weighted by molar-refractivity contribution is -0.134. The molecule has 1 aliphatic heterocycles. The van der Waals surface area contributed by atoms with Gasteiger partial charge in [0.15, 0.2) is 0 Å². The third kappa shape index (κ3) is 6.52. The topological polar surface area (TPSA) is 55.8 Å². The molecule has 0 bridgehead atoms. The maximum atomic E-state index is 12.9. The van der Waals surface area contributed by atoms with Crippen LogP contribution in [0.15, 0.2) is 23.9 Å². The second-order valence-corrected chi connectivity index (χ2v) is 11.4. The summed E-state index contributed by atoms with van der Waals surface area (Å²) in [5, 5.41) is 0. The molecule has 0 spiro atoms. The Balaban J connectivity index is 2.09. The van der Waals surface area contributed by atoms with E-state index in [0.29, 0.717) is 24.5 Å². The minimum Gasteiger partial charge on any atom is -0.487 e. The van der Waals surface area contributed by atoms with Crippen LogP contribution in [0.2, 0.25) is 0 Å². The SMILES string of the molecule is CCCCCCc1cc(OC(=O)CC)c2c(c1)OC(C)(C)[C@H]1CCC(N(CC(C)C)C(=O)CC)=C[C@@H]21. The third-order valence-electron chi connectivity index (χ3n) is 7.61. The summed E-state index contributed by atoms with van der Waals surface area (Å²) in [6.45, 7) is 15.3. The molecule has 3 rings (SSSR count). The van der Waals surface area contributed by atoms with Crippen LogP contribution < -0.4 is 9.47 Å². The van der Waals surface area contributed by atoms with E-state index in [2.05, 4.69) is 52.8 Å². The van der Waals surface area contributed by atoms with Crippen molar-refractivity contribution >= 4 is 11.9 Å². The molecule has 0 N–H and O–H groups in total. The summed E-state index contributed by atoms with van der Waals surface area (Å²) in [6.07, 6.45) is 10.5. The average molecular weight is 498 g/mol. The number of esters is 1. The Morgan fingerprint density at radius 1 is 1.11 bits per heavy atom. The highest BCUT2D eigenvalue weighted by molar-refractivity contribution is 5.78. The molecule has 5 heteroatoms. The molecule has 1 aromatic carbocycles. The van der Waals surface area contributed by atoms with Gasteiger partial charge in [-0.2, -0.15) is 0 Å². The number of amides is 1. The normalized spacial score (nSPS) is 20.2. The first-order valence-electron chi connectivity index (χ1n) is 14.2. The summed E-state index contributed by atoms with van der Waals surface area (Å²) < 4.78 is 12.6. The molecule has 0 aromatic heterocycles. The molecule has 0 saturated heterocycles. The zero-order valence-electron chi connectivity index (χ0n) is 23.6. The molecule has 1 aromatic rings. The molecule has 0 radical (unpaired) electrons. The Morgan fingerprint density at radius 3 is 2.50 bits per heavy atom. The minimum absolute atomic E-state index is 0.0283. The van der Waals surface area contributed by atoms with Gasteiger partial charge in [-0.15, -0.1) is 0 Å². The van der Waals surface area contributed by atoms with E-state index in [1.54, 1.807) is 0 Å². The van der Waals surface area contributed by atoms with Crippen molar-refractivity contribution in [2.75, 3.05) is 6.54 Å². The van der Waals surface area contributed by atoms with E-state index < -0.39 is 0 Å². The lowest BCUT2D eigenvalue weighted by Gasteiger charge is -2.47. The van der Waals surface area contributed by atoms with Crippen LogP contribution in [0.1, 0.15) is 117 Å². The fourth-order valence-corrected chi connectivity index (χ4v) is 5.72. The first-order chi connectivity index (χ1) is 17.1. The number of carbonyl (C=O) groups is 2. The van der Waals surface area contributed by atoms with Crippen LogP contribution in [0.5, 0.6) is 11.5 Å². The standard InChI is InChI=1S/C31H47NO4/c1-8-11-12-13-14-22-17-26(35-29(34)10-3)30-24-19-23(32(20-21(4)5)28(33)9-2)15-16-25(24)31(6,7)36-27(30)18-22/h17-19,21,24-25H,8-16,20H2,1-7H3/t24-,25+/m1/s1. The largest absolute Gasteiger partial charge is 0.487 e. The molecule has 1 aliphatic carbocycles. The summed E-state index contributed by atoms with van der Waals surface area (Å²) in [5.41, 5.74) is 2.85. The number of ether oxygens (including phenoxy) is 2. The quantitative estimate of drug-likeness (QED) is 0.180. The van der Waals surface area contributed by atoms with Gasteiger partial charge in [0.05, 0.1) is 0 Å².